The van der Waals surface area contributed by atoms with Gasteiger partial charge in [-0.25, -0.2) is 4.99 Å². The highest BCUT2D eigenvalue weighted by molar-refractivity contribution is 8.13. The number of amidine groups is 1. The average molecular weight is 406 g/mol. The van der Waals surface area contributed by atoms with E-state index in [-0.39, 0.29) is 0 Å². The van der Waals surface area contributed by atoms with Crippen LogP contribution >= 0.6 is 35.0 Å². The molecular weight excluding hydrogens is 389 g/mol. The van der Waals surface area contributed by atoms with Crippen molar-refractivity contribution < 1.29 is 4.79 Å². The molecule has 3 rings (SSSR count). The van der Waals surface area contributed by atoms with Gasteiger partial charge in [0.2, 0.25) is 5.91 Å². The van der Waals surface area contributed by atoms with Crippen molar-refractivity contribution >= 4 is 46.0 Å². The first-order chi connectivity index (χ1) is 12.5. The van der Waals surface area contributed by atoms with Crippen molar-refractivity contribution in [1.29, 1.82) is 0 Å². The van der Waals surface area contributed by atoms with Gasteiger partial charge in [0.25, 0.3) is 0 Å². The minimum Gasteiger partial charge on any atom is -0.366 e. The third-order valence-electron chi connectivity index (χ3n) is 3.96. The van der Waals surface area contributed by atoms with E-state index in [0.717, 1.165) is 22.0 Å². The maximum Gasteiger partial charge on any atom is 0.248 e. The summed E-state index contributed by atoms with van der Waals surface area (Å²) in [5, 5.41) is 4.96. The zero-order chi connectivity index (χ0) is 18.7. The normalized spacial score (nSPS) is 16.9. The number of halogens is 2. The van der Waals surface area contributed by atoms with E-state index >= 15 is 0 Å². The standard InChI is InChI=1S/C19H17Cl2N3OS/c1-11-16(18(22)25)17(13-5-3-2-4-6-13)24-19(23-11)26-10-12-7-8-14(20)15(21)9-12/h2-9,17H,10H2,1H3,(H2,22,25)(H,23,24)/t17-/m1/s1. The third kappa shape index (κ3) is 4.23. The number of carbonyl (C=O) groups excluding carboxylic acids is 1. The fourth-order valence-electron chi connectivity index (χ4n) is 2.70. The minimum atomic E-state index is -0.471. The molecule has 2 aromatic carbocycles. The zero-order valence-electron chi connectivity index (χ0n) is 14.0. The van der Waals surface area contributed by atoms with E-state index in [4.69, 9.17) is 33.9 Å². The van der Waals surface area contributed by atoms with E-state index in [1.54, 1.807) is 6.07 Å². The second-order valence-electron chi connectivity index (χ2n) is 5.81. The number of allylic oxidation sites excluding steroid dienone is 1. The van der Waals surface area contributed by atoms with Gasteiger partial charge in [-0.2, -0.15) is 0 Å². The van der Waals surface area contributed by atoms with E-state index < -0.39 is 11.9 Å². The lowest BCUT2D eigenvalue weighted by molar-refractivity contribution is -0.114. The Kier molecular flexibility index (Phi) is 5.91. The molecule has 0 spiro atoms. The predicted molar refractivity (Wildman–Crippen MR) is 109 cm³/mol. The van der Waals surface area contributed by atoms with Gasteiger partial charge in [-0.05, 0) is 30.2 Å². The summed E-state index contributed by atoms with van der Waals surface area (Å²) < 4.78 is 0. The number of amides is 1. The Morgan fingerprint density at radius 2 is 1.92 bits per heavy atom. The summed E-state index contributed by atoms with van der Waals surface area (Å²) in [6.07, 6.45) is 0. The highest BCUT2D eigenvalue weighted by Crippen LogP contribution is 2.32. The molecule has 1 atom stereocenters. The molecule has 4 nitrogen and oxygen atoms in total. The fourth-order valence-corrected chi connectivity index (χ4v) is 3.91. The maximum atomic E-state index is 11.9. The van der Waals surface area contributed by atoms with Gasteiger partial charge in [0.15, 0.2) is 5.17 Å². The van der Waals surface area contributed by atoms with Crippen LogP contribution in [-0.4, -0.2) is 11.1 Å². The summed E-state index contributed by atoms with van der Waals surface area (Å²) in [6.45, 7) is 1.84. The largest absolute Gasteiger partial charge is 0.366 e. The van der Waals surface area contributed by atoms with Crippen LogP contribution in [0, 0.1) is 0 Å². The van der Waals surface area contributed by atoms with Crippen LogP contribution in [-0.2, 0) is 10.5 Å². The fraction of sp³-hybridized carbons (Fsp3) is 0.158. The second-order valence-corrected chi connectivity index (χ2v) is 7.59. The van der Waals surface area contributed by atoms with Crippen LogP contribution in [0.5, 0.6) is 0 Å². The topological polar surface area (TPSA) is 67.5 Å². The number of nitrogens with one attached hydrogen (secondary N) is 1. The molecule has 1 heterocycles. The number of aliphatic imine (C=N–C) groups is 1. The lowest BCUT2D eigenvalue weighted by Crippen LogP contribution is -2.32. The molecule has 1 aliphatic rings. The second kappa shape index (κ2) is 8.16. The van der Waals surface area contributed by atoms with E-state index in [1.807, 2.05) is 49.4 Å². The van der Waals surface area contributed by atoms with Gasteiger partial charge >= 0.3 is 0 Å². The highest BCUT2D eigenvalue weighted by Gasteiger charge is 2.27. The number of hydrogen-bond acceptors (Lipinski definition) is 4. The number of nitrogens with two attached hydrogens (primary N) is 1. The Labute approximate surface area is 166 Å². The van der Waals surface area contributed by atoms with Crippen molar-refractivity contribution in [2.45, 2.75) is 18.7 Å². The van der Waals surface area contributed by atoms with Gasteiger partial charge in [-0.1, -0.05) is 71.4 Å². The average Bonchev–Trinajstić information content (AvgIpc) is 2.62. The molecule has 134 valence electrons. The molecule has 1 aliphatic heterocycles. The molecule has 0 unspecified atom stereocenters. The van der Waals surface area contributed by atoms with E-state index in [0.29, 0.717) is 21.4 Å². The summed E-state index contributed by atoms with van der Waals surface area (Å²) in [7, 11) is 0. The lowest BCUT2D eigenvalue weighted by atomic mass is 9.96. The summed E-state index contributed by atoms with van der Waals surface area (Å²) in [4.78, 5) is 16.6. The highest BCUT2D eigenvalue weighted by atomic mass is 35.5. The first-order valence-electron chi connectivity index (χ1n) is 7.92. The molecule has 0 bridgehead atoms. The quantitative estimate of drug-likeness (QED) is 0.775. The summed E-state index contributed by atoms with van der Waals surface area (Å²) in [6, 6.07) is 14.8. The maximum absolute atomic E-state index is 11.9. The molecule has 0 aromatic heterocycles. The summed E-state index contributed by atoms with van der Waals surface area (Å²) >= 11 is 13.6. The Bertz CT molecular complexity index is 897. The van der Waals surface area contributed by atoms with Crippen LogP contribution in [0.4, 0.5) is 0 Å². The van der Waals surface area contributed by atoms with E-state index in [1.165, 1.54) is 11.8 Å². The van der Waals surface area contributed by atoms with Crippen molar-refractivity contribution in [2.75, 3.05) is 0 Å². The monoisotopic (exact) mass is 405 g/mol. The van der Waals surface area contributed by atoms with Crippen LogP contribution in [0.25, 0.3) is 0 Å². The Morgan fingerprint density at radius 3 is 2.58 bits per heavy atom. The summed E-state index contributed by atoms with van der Waals surface area (Å²) in [5.41, 5.74) is 8.75. The first kappa shape index (κ1) is 18.8. The Morgan fingerprint density at radius 1 is 1.19 bits per heavy atom. The number of thioether (sulfide) groups is 1. The van der Waals surface area contributed by atoms with Gasteiger partial charge < -0.3 is 11.1 Å². The first-order valence-corrected chi connectivity index (χ1v) is 9.67. The number of benzene rings is 2. The number of nitrogens with zero attached hydrogens (tertiary/aromatic N) is 1. The van der Waals surface area contributed by atoms with Crippen LogP contribution < -0.4 is 11.1 Å². The van der Waals surface area contributed by atoms with Gasteiger partial charge in [-0.3, -0.25) is 4.79 Å². The molecule has 0 saturated heterocycles. The van der Waals surface area contributed by atoms with Crippen LogP contribution in [0.1, 0.15) is 24.1 Å². The van der Waals surface area contributed by atoms with E-state index in [9.17, 15) is 4.79 Å². The predicted octanol–water partition coefficient (Wildman–Crippen LogP) is 4.69. The molecule has 26 heavy (non-hydrogen) atoms. The molecule has 3 N–H and O–H groups in total. The van der Waals surface area contributed by atoms with Gasteiger partial charge in [0.05, 0.1) is 15.6 Å². The van der Waals surface area contributed by atoms with Gasteiger partial charge in [0.1, 0.15) is 6.04 Å². The molecule has 0 radical (unpaired) electrons. The summed E-state index contributed by atoms with van der Waals surface area (Å²) in [5.74, 6) is 0.199. The number of primary amides is 1. The minimum absolute atomic E-state index is 0.411. The lowest BCUT2D eigenvalue weighted by Gasteiger charge is -2.25. The van der Waals surface area contributed by atoms with Gasteiger partial charge in [0, 0.05) is 11.4 Å². The number of hydrogen-bond donors (Lipinski definition) is 2. The SMILES string of the molecule is CC1=C(C(N)=O)[C@@H](c2ccccc2)N=C(SCc2ccc(Cl)c(Cl)c2)N1. The molecule has 0 aliphatic carbocycles. The smallest absolute Gasteiger partial charge is 0.248 e. The van der Waals surface area contributed by atoms with Crippen LogP contribution in [0.3, 0.4) is 0 Å². The molecule has 1 amide bonds. The van der Waals surface area contributed by atoms with Crippen LogP contribution in [0.15, 0.2) is 64.8 Å². The van der Waals surface area contributed by atoms with Crippen molar-refractivity contribution in [3.05, 3.63) is 81.0 Å². The molecule has 7 heteroatoms. The number of rotatable bonds is 4. The van der Waals surface area contributed by atoms with E-state index in [2.05, 4.69) is 5.32 Å². The van der Waals surface area contributed by atoms with Crippen molar-refractivity contribution in [2.24, 2.45) is 10.7 Å². The molecule has 2 aromatic rings. The zero-order valence-corrected chi connectivity index (χ0v) is 16.3. The third-order valence-corrected chi connectivity index (χ3v) is 5.66. The van der Waals surface area contributed by atoms with Crippen molar-refractivity contribution in [3.8, 4) is 0 Å². The van der Waals surface area contributed by atoms with Crippen molar-refractivity contribution in [1.82, 2.24) is 5.32 Å². The van der Waals surface area contributed by atoms with Crippen LogP contribution in [0.2, 0.25) is 10.0 Å². The molecule has 0 saturated carbocycles. The Hall–Kier alpha value is -1.95. The Balaban J connectivity index is 1.84. The number of carbonyl (C=O) groups is 1. The molecular formula is C19H17Cl2N3OS. The molecule has 0 fully saturated rings. The van der Waals surface area contributed by atoms with Gasteiger partial charge in [-0.15, -0.1) is 0 Å². The van der Waals surface area contributed by atoms with Crippen molar-refractivity contribution in [3.63, 3.8) is 0 Å².